The smallest absolute Gasteiger partial charge is 0.273 e. The zero-order chi connectivity index (χ0) is 16.6. The average Bonchev–Trinajstić information content (AvgIpc) is 3.14. The van der Waals surface area contributed by atoms with Crippen molar-refractivity contribution in [3.63, 3.8) is 0 Å². The zero-order valence-electron chi connectivity index (χ0n) is 12.2. The molecule has 0 unspecified atom stereocenters. The van der Waals surface area contributed by atoms with Crippen LogP contribution in [-0.4, -0.2) is 24.9 Å². The third kappa shape index (κ3) is 2.62. The van der Waals surface area contributed by atoms with E-state index < -0.39 is 10.0 Å². The number of anilines is 1. The standard InChI is InChI=1S/C14H12N4O3S2/c1-8-5-12(22-17-8)23(19,20)18-10-3-4-11(21-2)13-9(6-15)7-16-14(10)13/h3-5,7,16,18H,1-2H3. The van der Waals surface area contributed by atoms with Gasteiger partial charge in [-0.1, -0.05) is 0 Å². The van der Waals surface area contributed by atoms with E-state index in [0.29, 0.717) is 33.6 Å². The molecule has 0 spiro atoms. The number of methoxy groups -OCH3 is 1. The van der Waals surface area contributed by atoms with Crippen molar-refractivity contribution < 1.29 is 13.2 Å². The lowest BCUT2D eigenvalue weighted by Gasteiger charge is -2.09. The number of nitrogens with one attached hydrogen (secondary N) is 2. The zero-order valence-corrected chi connectivity index (χ0v) is 13.9. The van der Waals surface area contributed by atoms with Gasteiger partial charge in [0.2, 0.25) is 0 Å². The fourth-order valence-electron chi connectivity index (χ4n) is 2.22. The molecule has 0 fully saturated rings. The summed E-state index contributed by atoms with van der Waals surface area (Å²) >= 11 is 0.911. The highest BCUT2D eigenvalue weighted by Crippen LogP contribution is 2.34. The summed E-state index contributed by atoms with van der Waals surface area (Å²) in [7, 11) is -2.25. The van der Waals surface area contributed by atoms with Gasteiger partial charge in [-0.2, -0.15) is 9.64 Å². The molecule has 0 saturated heterocycles. The van der Waals surface area contributed by atoms with Crippen LogP contribution in [0.5, 0.6) is 5.75 Å². The van der Waals surface area contributed by atoms with Crippen molar-refractivity contribution in [2.75, 3.05) is 11.8 Å². The van der Waals surface area contributed by atoms with Gasteiger partial charge in [0.25, 0.3) is 10.0 Å². The number of benzene rings is 1. The van der Waals surface area contributed by atoms with Gasteiger partial charge in [-0.3, -0.25) is 4.72 Å². The largest absolute Gasteiger partial charge is 0.496 e. The van der Waals surface area contributed by atoms with Crippen LogP contribution in [0.15, 0.2) is 28.6 Å². The molecule has 2 N–H and O–H groups in total. The van der Waals surface area contributed by atoms with Gasteiger partial charge < -0.3 is 9.72 Å². The normalized spacial score (nSPS) is 11.3. The Balaban J connectivity index is 2.11. The Labute approximate surface area is 136 Å². The maximum absolute atomic E-state index is 12.4. The van der Waals surface area contributed by atoms with Crippen LogP contribution in [0.1, 0.15) is 11.3 Å². The van der Waals surface area contributed by atoms with Gasteiger partial charge in [0.1, 0.15) is 11.8 Å². The first kappa shape index (κ1) is 15.3. The SMILES string of the molecule is COc1ccc(NS(=O)(=O)c2cc(C)ns2)c2[nH]cc(C#N)c12. The molecule has 2 heterocycles. The van der Waals surface area contributed by atoms with Crippen molar-refractivity contribution in [3.05, 3.63) is 35.7 Å². The lowest BCUT2D eigenvalue weighted by Crippen LogP contribution is -2.11. The highest BCUT2D eigenvalue weighted by molar-refractivity contribution is 7.94. The maximum atomic E-state index is 12.4. The van der Waals surface area contributed by atoms with E-state index in [1.807, 2.05) is 0 Å². The Morgan fingerprint density at radius 2 is 2.22 bits per heavy atom. The predicted molar refractivity (Wildman–Crippen MR) is 87.2 cm³/mol. The predicted octanol–water partition coefficient (Wildman–Crippen LogP) is 2.61. The van der Waals surface area contributed by atoms with Crippen LogP contribution in [0.3, 0.4) is 0 Å². The molecule has 0 aliphatic rings. The molecule has 0 atom stereocenters. The van der Waals surface area contributed by atoms with E-state index in [1.54, 1.807) is 19.1 Å². The summed E-state index contributed by atoms with van der Waals surface area (Å²) < 4.78 is 36.8. The molecule has 0 bridgehead atoms. The average molecular weight is 348 g/mol. The van der Waals surface area contributed by atoms with Crippen molar-refractivity contribution in [1.29, 1.82) is 5.26 Å². The van der Waals surface area contributed by atoms with Gasteiger partial charge >= 0.3 is 0 Å². The summed E-state index contributed by atoms with van der Waals surface area (Å²) in [6.45, 7) is 1.73. The van der Waals surface area contributed by atoms with Crippen molar-refractivity contribution in [2.45, 2.75) is 11.1 Å². The Morgan fingerprint density at radius 1 is 1.43 bits per heavy atom. The van der Waals surface area contributed by atoms with Gasteiger partial charge in [0, 0.05) is 6.20 Å². The van der Waals surface area contributed by atoms with Crippen LogP contribution in [0, 0.1) is 18.3 Å². The molecular formula is C14H12N4O3S2. The quantitative estimate of drug-likeness (QED) is 0.753. The molecular weight excluding hydrogens is 336 g/mol. The molecule has 9 heteroatoms. The Hall–Kier alpha value is -2.57. The number of hydrogen-bond donors (Lipinski definition) is 2. The first-order valence-corrected chi connectivity index (χ1v) is 8.76. The molecule has 0 saturated carbocycles. The number of aryl methyl sites for hydroxylation is 1. The Morgan fingerprint density at radius 3 is 2.83 bits per heavy atom. The number of rotatable bonds is 4. The van der Waals surface area contributed by atoms with E-state index in [0.717, 1.165) is 11.5 Å². The number of ether oxygens (including phenoxy) is 1. The highest BCUT2D eigenvalue weighted by Gasteiger charge is 2.20. The van der Waals surface area contributed by atoms with Crippen molar-refractivity contribution in [2.24, 2.45) is 0 Å². The molecule has 3 rings (SSSR count). The van der Waals surface area contributed by atoms with Crippen LogP contribution in [0.4, 0.5) is 5.69 Å². The number of nitriles is 1. The summed E-state index contributed by atoms with van der Waals surface area (Å²) in [5.74, 6) is 0.495. The second kappa shape index (κ2) is 5.57. The molecule has 0 amide bonds. The van der Waals surface area contributed by atoms with Crippen molar-refractivity contribution in [1.82, 2.24) is 9.36 Å². The van der Waals surface area contributed by atoms with Crippen LogP contribution in [0.2, 0.25) is 0 Å². The monoisotopic (exact) mass is 348 g/mol. The lowest BCUT2D eigenvalue weighted by molar-refractivity contribution is 0.420. The summed E-state index contributed by atoms with van der Waals surface area (Å²) in [5, 5.41) is 9.72. The van der Waals surface area contributed by atoms with Crippen LogP contribution >= 0.6 is 11.5 Å². The number of fused-ring (bicyclic) bond motifs is 1. The molecule has 0 aliphatic heterocycles. The fraction of sp³-hybridized carbons (Fsp3) is 0.143. The minimum atomic E-state index is -3.74. The van der Waals surface area contributed by atoms with Crippen molar-refractivity contribution >= 4 is 38.1 Å². The van der Waals surface area contributed by atoms with Gasteiger partial charge in [-0.15, -0.1) is 0 Å². The number of aromatic amines is 1. The highest BCUT2D eigenvalue weighted by atomic mass is 32.2. The maximum Gasteiger partial charge on any atom is 0.273 e. The van der Waals surface area contributed by atoms with E-state index in [9.17, 15) is 13.7 Å². The molecule has 7 nitrogen and oxygen atoms in total. The third-order valence-corrected chi connectivity index (χ3v) is 5.95. The minimum Gasteiger partial charge on any atom is -0.496 e. The molecule has 1 aromatic carbocycles. The second-order valence-electron chi connectivity index (χ2n) is 4.77. The lowest BCUT2D eigenvalue weighted by atomic mass is 10.1. The van der Waals surface area contributed by atoms with E-state index in [2.05, 4.69) is 20.1 Å². The van der Waals surface area contributed by atoms with Crippen LogP contribution in [-0.2, 0) is 10.0 Å². The molecule has 0 radical (unpaired) electrons. The Kier molecular flexibility index (Phi) is 3.71. The van der Waals surface area contributed by atoms with E-state index >= 15 is 0 Å². The molecule has 118 valence electrons. The van der Waals surface area contributed by atoms with E-state index in [-0.39, 0.29) is 4.21 Å². The molecule has 23 heavy (non-hydrogen) atoms. The summed E-state index contributed by atoms with van der Waals surface area (Å²) in [5.41, 5.74) is 1.85. The number of nitrogens with zero attached hydrogens (tertiary/aromatic N) is 2. The Bertz CT molecular complexity index is 1030. The molecule has 0 aliphatic carbocycles. The number of H-pyrrole nitrogens is 1. The first-order chi connectivity index (χ1) is 11.0. The topological polar surface area (TPSA) is 108 Å². The van der Waals surface area contributed by atoms with Crippen LogP contribution in [0.25, 0.3) is 10.9 Å². The van der Waals surface area contributed by atoms with E-state index in [4.69, 9.17) is 4.74 Å². The fourth-order valence-corrected chi connectivity index (χ4v) is 4.25. The van der Waals surface area contributed by atoms with Gasteiger partial charge in [0.05, 0.1) is 35.0 Å². The van der Waals surface area contributed by atoms with Gasteiger partial charge in [-0.05, 0) is 36.7 Å². The number of sulfonamides is 1. The number of aromatic nitrogens is 2. The number of hydrogen-bond acceptors (Lipinski definition) is 6. The first-order valence-electron chi connectivity index (χ1n) is 6.50. The molecule has 3 aromatic rings. The van der Waals surface area contributed by atoms with E-state index in [1.165, 1.54) is 19.4 Å². The summed E-state index contributed by atoms with van der Waals surface area (Å²) in [6, 6.07) is 6.76. The second-order valence-corrected chi connectivity index (χ2v) is 7.49. The summed E-state index contributed by atoms with van der Waals surface area (Å²) in [4.78, 5) is 2.92. The van der Waals surface area contributed by atoms with Crippen LogP contribution < -0.4 is 9.46 Å². The van der Waals surface area contributed by atoms with Crippen molar-refractivity contribution in [3.8, 4) is 11.8 Å². The molecule has 2 aromatic heterocycles. The third-order valence-electron chi connectivity index (χ3n) is 3.25. The van der Waals surface area contributed by atoms with Gasteiger partial charge in [0.15, 0.2) is 4.21 Å². The minimum absolute atomic E-state index is 0.131. The van der Waals surface area contributed by atoms with Gasteiger partial charge in [-0.25, -0.2) is 8.42 Å². The summed E-state index contributed by atoms with van der Waals surface area (Å²) in [6.07, 6.45) is 1.52.